The lowest BCUT2D eigenvalue weighted by molar-refractivity contribution is 0.243. The van der Waals surface area contributed by atoms with E-state index >= 15 is 0 Å². The van der Waals surface area contributed by atoms with E-state index in [9.17, 15) is 0 Å². The van der Waals surface area contributed by atoms with Crippen LogP contribution >= 0.6 is 0 Å². The van der Waals surface area contributed by atoms with Crippen molar-refractivity contribution in [1.82, 2.24) is 9.78 Å². The first-order valence-electron chi connectivity index (χ1n) is 8.54. The molecule has 2 unspecified atom stereocenters. The number of hydrogen-bond donors (Lipinski definition) is 1. The molecule has 20 heavy (non-hydrogen) atoms. The van der Waals surface area contributed by atoms with Crippen molar-refractivity contribution in [3.63, 3.8) is 0 Å². The Bertz CT molecular complexity index is 422. The normalized spacial score (nSPS) is 23.2. The fraction of sp³-hybridized carbons (Fsp3) is 0.824. The van der Waals surface area contributed by atoms with Crippen LogP contribution < -0.4 is 5.73 Å². The van der Waals surface area contributed by atoms with Gasteiger partial charge in [0.15, 0.2) is 0 Å². The lowest BCUT2D eigenvalue weighted by atomic mass is 9.84. The highest BCUT2D eigenvalue weighted by atomic mass is 15.3. The van der Waals surface area contributed by atoms with E-state index in [1.165, 1.54) is 49.1 Å². The Kier molecular flexibility index (Phi) is 5.64. The van der Waals surface area contributed by atoms with Gasteiger partial charge < -0.3 is 5.73 Å². The number of nitrogens with two attached hydrogens (primary N) is 1. The van der Waals surface area contributed by atoms with Crippen LogP contribution in [0.1, 0.15) is 75.9 Å². The number of rotatable bonds is 6. The molecule has 1 aromatic rings. The summed E-state index contributed by atoms with van der Waals surface area (Å²) in [4.78, 5) is 0. The molecule has 0 aromatic carbocycles. The predicted molar refractivity (Wildman–Crippen MR) is 85.0 cm³/mol. The molecule has 2 rings (SSSR count). The lowest BCUT2D eigenvalue weighted by Gasteiger charge is -2.30. The van der Waals surface area contributed by atoms with Crippen molar-refractivity contribution in [2.24, 2.45) is 11.7 Å². The van der Waals surface area contributed by atoms with E-state index in [0.29, 0.717) is 6.04 Å². The van der Waals surface area contributed by atoms with E-state index in [1.807, 2.05) is 0 Å². The van der Waals surface area contributed by atoms with Crippen LogP contribution in [0.2, 0.25) is 0 Å². The molecule has 3 heteroatoms. The zero-order chi connectivity index (χ0) is 14.5. The molecular formula is C17H31N3. The first-order chi connectivity index (χ1) is 9.74. The quantitative estimate of drug-likeness (QED) is 0.862. The van der Waals surface area contributed by atoms with Crippen molar-refractivity contribution >= 4 is 0 Å². The summed E-state index contributed by atoms with van der Waals surface area (Å²) in [6, 6.07) is 0.625. The van der Waals surface area contributed by atoms with Crippen LogP contribution in [0.15, 0.2) is 0 Å². The highest BCUT2D eigenvalue weighted by Gasteiger charge is 2.26. The maximum Gasteiger partial charge on any atom is 0.0657 e. The van der Waals surface area contributed by atoms with E-state index in [-0.39, 0.29) is 0 Å². The molecule has 0 spiro atoms. The maximum atomic E-state index is 5.80. The van der Waals surface area contributed by atoms with Crippen LogP contribution in [0.5, 0.6) is 0 Å². The second-order valence-electron chi connectivity index (χ2n) is 6.16. The fourth-order valence-electron chi connectivity index (χ4n) is 3.81. The van der Waals surface area contributed by atoms with Crippen LogP contribution in [0.3, 0.4) is 0 Å². The van der Waals surface area contributed by atoms with Crippen molar-refractivity contribution in [3.8, 4) is 0 Å². The van der Waals surface area contributed by atoms with Gasteiger partial charge in [-0.15, -0.1) is 0 Å². The second-order valence-corrected chi connectivity index (χ2v) is 6.16. The Morgan fingerprint density at radius 2 is 2.00 bits per heavy atom. The van der Waals surface area contributed by atoms with Crippen molar-refractivity contribution in [1.29, 1.82) is 0 Å². The SMILES string of the molecule is CCc1nn(C2CCCC(CC)C2)c(CC)c1CCN. The zero-order valence-electron chi connectivity index (χ0n) is 13.5. The molecule has 2 N–H and O–H groups in total. The second kappa shape index (κ2) is 7.26. The van der Waals surface area contributed by atoms with Gasteiger partial charge in [0.05, 0.1) is 11.7 Å². The number of hydrogen-bond acceptors (Lipinski definition) is 2. The Morgan fingerprint density at radius 1 is 1.20 bits per heavy atom. The monoisotopic (exact) mass is 277 g/mol. The molecule has 3 nitrogen and oxygen atoms in total. The van der Waals surface area contributed by atoms with Gasteiger partial charge in [-0.3, -0.25) is 4.68 Å². The lowest BCUT2D eigenvalue weighted by Crippen LogP contribution is -2.21. The van der Waals surface area contributed by atoms with Crippen molar-refractivity contribution in [2.75, 3.05) is 6.54 Å². The number of aryl methyl sites for hydroxylation is 1. The first-order valence-corrected chi connectivity index (χ1v) is 8.54. The summed E-state index contributed by atoms with van der Waals surface area (Å²) in [5, 5.41) is 4.97. The minimum absolute atomic E-state index is 0.625. The Labute approximate surface area is 123 Å². The zero-order valence-corrected chi connectivity index (χ0v) is 13.5. The van der Waals surface area contributed by atoms with Crippen molar-refractivity contribution in [3.05, 3.63) is 17.0 Å². The topological polar surface area (TPSA) is 43.8 Å². The molecule has 1 heterocycles. The van der Waals surface area contributed by atoms with Crippen LogP contribution in [0.4, 0.5) is 0 Å². The molecule has 0 radical (unpaired) electrons. The minimum atomic E-state index is 0.625. The molecule has 0 amide bonds. The molecule has 0 saturated heterocycles. The van der Waals surface area contributed by atoms with E-state index in [1.54, 1.807) is 0 Å². The van der Waals surface area contributed by atoms with Crippen LogP contribution in [0.25, 0.3) is 0 Å². The molecule has 114 valence electrons. The number of aromatic nitrogens is 2. The average molecular weight is 277 g/mol. The molecule has 1 aromatic heterocycles. The average Bonchev–Trinajstić information content (AvgIpc) is 2.85. The van der Waals surface area contributed by atoms with Gasteiger partial charge in [0.25, 0.3) is 0 Å². The Balaban J connectivity index is 2.30. The summed E-state index contributed by atoms with van der Waals surface area (Å²) in [6.45, 7) is 7.52. The standard InChI is InChI=1S/C17H31N3/c1-4-13-8-7-9-14(12-13)20-17(6-3)15(10-11-18)16(5-2)19-20/h13-14H,4-12,18H2,1-3H3. The third kappa shape index (κ3) is 3.08. The maximum absolute atomic E-state index is 5.80. The van der Waals surface area contributed by atoms with Gasteiger partial charge in [-0.2, -0.15) is 5.10 Å². The summed E-state index contributed by atoms with van der Waals surface area (Å²) in [7, 11) is 0. The molecule has 1 aliphatic rings. The summed E-state index contributed by atoms with van der Waals surface area (Å²) >= 11 is 0. The third-order valence-electron chi connectivity index (χ3n) is 4.94. The summed E-state index contributed by atoms with van der Waals surface area (Å²) in [6.07, 6.45) is 9.79. The van der Waals surface area contributed by atoms with E-state index in [2.05, 4.69) is 25.5 Å². The molecule has 0 bridgehead atoms. The summed E-state index contributed by atoms with van der Waals surface area (Å²) in [5.41, 5.74) is 9.98. The van der Waals surface area contributed by atoms with Gasteiger partial charge in [0, 0.05) is 5.69 Å². The fourth-order valence-corrected chi connectivity index (χ4v) is 3.81. The van der Waals surface area contributed by atoms with Gasteiger partial charge in [-0.1, -0.05) is 40.0 Å². The molecule has 1 saturated carbocycles. The Morgan fingerprint density at radius 3 is 2.60 bits per heavy atom. The van der Waals surface area contributed by atoms with Gasteiger partial charge >= 0.3 is 0 Å². The summed E-state index contributed by atoms with van der Waals surface area (Å²) in [5.74, 6) is 0.894. The highest BCUT2D eigenvalue weighted by Crippen LogP contribution is 2.35. The van der Waals surface area contributed by atoms with Crippen LogP contribution in [-0.4, -0.2) is 16.3 Å². The highest BCUT2D eigenvalue weighted by molar-refractivity contribution is 5.27. The molecule has 2 atom stereocenters. The smallest absolute Gasteiger partial charge is 0.0657 e. The van der Waals surface area contributed by atoms with Crippen molar-refractivity contribution < 1.29 is 0 Å². The van der Waals surface area contributed by atoms with Gasteiger partial charge in [-0.05, 0) is 50.1 Å². The van der Waals surface area contributed by atoms with E-state index in [0.717, 1.165) is 31.7 Å². The minimum Gasteiger partial charge on any atom is -0.330 e. The summed E-state index contributed by atoms with van der Waals surface area (Å²) < 4.78 is 2.38. The van der Waals surface area contributed by atoms with Gasteiger partial charge in [-0.25, -0.2) is 0 Å². The number of nitrogens with zero attached hydrogens (tertiary/aromatic N) is 2. The molecule has 1 fully saturated rings. The van der Waals surface area contributed by atoms with Crippen LogP contribution in [-0.2, 0) is 19.3 Å². The molecule has 1 aliphatic carbocycles. The van der Waals surface area contributed by atoms with Crippen molar-refractivity contribution in [2.45, 2.75) is 78.2 Å². The molecule has 0 aliphatic heterocycles. The predicted octanol–water partition coefficient (Wildman–Crippen LogP) is 3.65. The largest absolute Gasteiger partial charge is 0.330 e. The van der Waals surface area contributed by atoms with E-state index in [4.69, 9.17) is 10.8 Å². The van der Waals surface area contributed by atoms with E-state index < -0.39 is 0 Å². The Hall–Kier alpha value is -0.830. The van der Waals surface area contributed by atoms with Gasteiger partial charge in [0.1, 0.15) is 0 Å². The first kappa shape index (κ1) is 15.6. The van der Waals surface area contributed by atoms with Crippen LogP contribution in [0, 0.1) is 5.92 Å². The third-order valence-corrected chi connectivity index (χ3v) is 4.94. The molecular weight excluding hydrogens is 246 g/mol. The van der Waals surface area contributed by atoms with Gasteiger partial charge in [0.2, 0.25) is 0 Å².